The second kappa shape index (κ2) is 6.07. The van der Waals surface area contributed by atoms with Gasteiger partial charge < -0.3 is 10.2 Å². The number of thioether (sulfide) groups is 1. The number of nitrogens with zero attached hydrogens (tertiary/aromatic N) is 2. The van der Waals surface area contributed by atoms with E-state index in [4.69, 9.17) is 0 Å². The van der Waals surface area contributed by atoms with Gasteiger partial charge in [0.1, 0.15) is 0 Å². The molecule has 5 heteroatoms. The lowest BCUT2D eigenvalue weighted by Crippen LogP contribution is -2.56. The Bertz CT molecular complexity index is 268. The highest BCUT2D eigenvalue weighted by molar-refractivity contribution is 7.99. The predicted octanol–water partition coefficient (Wildman–Crippen LogP) is 0.244. The van der Waals surface area contributed by atoms with Crippen LogP contribution >= 0.6 is 11.8 Å². The van der Waals surface area contributed by atoms with Crippen molar-refractivity contribution >= 4 is 17.7 Å². The Kier molecular flexibility index (Phi) is 4.70. The van der Waals surface area contributed by atoms with Crippen molar-refractivity contribution in [3.8, 4) is 0 Å². The van der Waals surface area contributed by atoms with Crippen molar-refractivity contribution in [2.24, 2.45) is 0 Å². The van der Waals surface area contributed by atoms with Gasteiger partial charge in [0.05, 0.1) is 6.04 Å². The first-order valence-corrected chi connectivity index (χ1v) is 7.68. The summed E-state index contributed by atoms with van der Waals surface area (Å²) >= 11 is 1.99. The van der Waals surface area contributed by atoms with Gasteiger partial charge in [0.15, 0.2) is 0 Å². The maximum atomic E-state index is 12.4. The molecule has 0 aromatic heterocycles. The first-order valence-electron chi connectivity index (χ1n) is 6.53. The molecule has 2 aliphatic rings. The summed E-state index contributed by atoms with van der Waals surface area (Å²) < 4.78 is 0. The SMILES string of the molecule is CC1CSCCN1C(C)C(=O)N1CCNCC1. The average molecular weight is 257 g/mol. The smallest absolute Gasteiger partial charge is 0.239 e. The van der Waals surface area contributed by atoms with E-state index >= 15 is 0 Å². The van der Waals surface area contributed by atoms with Gasteiger partial charge in [-0.25, -0.2) is 0 Å². The van der Waals surface area contributed by atoms with Crippen LogP contribution in [0.2, 0.25) is 0 Å². The van der Waals surface area contributed by atoms with Crippen LogP contribution in [-0.4, -0.2) is 72.0 Å². The van der Waals surface area contributed by atoms with E-state index in [-0.39, 0.29) is 6.04 Å². The molecule has 0 spiro atoms. The van der Waals surface area contributed by atoms with Crippen molar-refractivity contribution < 1.29 is 4.79 Å². The molecule has 2 aliphatic heterocycles. The lowest BCUT2D eigenvalue weighted by Gasteiger charge is -2.39. The first kappa shape index (κ1) is 13.2. The number of hydrogen-bond acceptors (Lipinski definition) is 4. The minimum Gasteiger partial charge on any atom is -0.339 e. The molecule has 0 aromatic rings. The first-order chi connectivity index (χ1) is 8.20. The molecular formula is C12H23N3OS. The fourth-order valence-electron chi connectivity index (χ4n) is 2.61. The van der Waals surface area contributed by atoms with Crippen LogP contribution in [0.1, 0.15) is 13.8 Å². The van der Waals surface area contributed by atoms with Gasteiger partial charge in [0.2, 0.25) is 5.91 Å². The van der Waals surface area contributed by atoms with E-state index in [0.29, 0.717) is 11.9 Å². The average Bonchev–Trinajstić information content (AvgIpc) is 2.39. The van der Waals surface area contributed by atoms with Gasteiger partial charge in [0, 0.05) is 50.3 Å². The molecule has 1 amide bonds. The Morgan fingerprint density at radius 1 is 1.35 bits per heavy atom. The third-order valence-electron chi connectivity index (χ3n) is 3.70. The predicted molar refractivity (Wildman–Crippen MR) is 72.4 cm³/mol. The van der Waals surface area contributed by atoms with Crippen LogP contribution in [0.4, 0.5) is 0 Å². The van der Waals surface area contributed by atoms with Crippen molar-refractivity contribution in [3.05, 3.63) is 0 Å². The Balaban J connectivity index is 1.92. The van der Waals surface area contributed by atoms with Gasteiger partial charge >= 0.3 is 0 Å². The van der Waals surface area contributed by atoms with Gasteiger partial charge in [-0.2, -0.15) is 11.8 Å². The van der Waals surface area contributed by atoms with Gasteiger partial charge in [-0.15, -0.1) is 0 Å². The highest BCUT2D eigenvalue weighted by atomic mass is 32.2. The minimum atomic E-state index is 0.0454. The molecule has 1 N–H and O–H groups in total. The van der Waals surface area contributed by atoms with E-state index in [2.05, 4.69) is 24.1 Å². The Hall–Kier alpha value is -0.260. The summed E-state index contributed by atoms with van der Waals surface area (Å²) in [6, 6.07) is 0.569. The zero-order chi connectivity index (χ0) is 12.3. The Labute approximate surface area is 108 Å². The van der Waals surface area contributed by atoms with Crippen LogP contribution in [0.3, 0.4) is 0 Å². The number of nitrogens with one attached hydrogen (secondary N) is 1. The number of amides is 1. The lowest BCUT2D eigenvalue weighted by atomic mass is 10.1. The summed E-state index contributed by atoms with van der Waals surface area (Å²) in [6.45, 7) is 8.93. The molecule has 0 saturated carbocycles. The van der Waals surface area contributed by atoms with Crippen molar-refractivity contribution in [3.63, 3.8) is 0 Å². The third-order valence-corrected chi connectivity index (χ3v) is 4.89. The van der Waals surface area contributed by atoms with E-state index in [1.165, 1.54) is 0 Å². The third kappa shape index (κ3) is 3.14. The van der Waals surface area contributed by atoms with Crippen molar-refractivity contribution in [1.82, 2.24) is 15.1 Å². The molecule has 2 saturated heterocycles. The summed E-state index contributed by atoms with van der Waals surface area (Å²) in [4.78, 5) is 16.8. The van der Waals surface area contributed by atoms with E-state index < -0.39 is 0 Å². The molecule has 2 fully saturated rings. The topological polar surface area (TPSA) is 35.6 Å². The fraction of sp³-hybridized carbons (Fsp3) is 0.917. The molecule has 0 aliphatic carbocycles. The summed E-state index contributed by atoms with van der Waals surface area (Å²) in [5, 5.41) is 3.29. The second-order valence-electron chi connectivity index (χ2n) is 4.91. The maximum Gasteiger partial charge on any atom is 0.239 e. The quantitative estimate of drug-likeness (QED) is 0.769. The van der Waals surface area contributed by atoms with E-state index in [9.17, 15) is 4.79 Å². The van der Waals surface area contributed by atoms with Crippen LogP contribution in [0.5, 0.6) is 0 Å². The molecule has 2 heterocycles. The molecule has 17 heavy (non-hydrogen) atoms. The van der Waals surface area contributed by atoms with Crippen molar-refractivity contribution in [1.29, 1.82) is 0 Å². The maximum absolute atomic E-state index is 12.4. The normalized spacial score (nSPS) is 29.1. The Morgan fingerprint density at radius 3 is 2.71 bits per heavy atom. The zero-order valence-corrected chi connectivity index (χ0v) is 11.6. The monoisotopic (exact) mass is 257 g/mol. The molecule has 98 valence electrons. The lowest BCUT2D eigenvalue weighted by molar-refractivity contribution is -0.137. The van der Waals surface area contributed by atoms with Crippen LogP contribution in [-0.2, 0) is 4.79 Å². The van der Waals surface area contributed by atoms with Gasteiger partial charge in [-0.05, 0) is 13.8 Å². The van der Waals surface area contributed by atoms with Crippen molar-refractivity contribution in [2.45, 2.75) is 25.9 Å². The van der Waals surface area contributed by atoms with Crippen LogP contribution < -0.4 is 5.32 Å². The molecule has 0 bridgehead atoms. The zero-order valence-electron chi connectivity index (χ0n) is 10.8. The Morgan fingerprint density at radius 2 is 2.06 bits per heavy atom. The van der Waals surface area contributed by atoms with Crippen molar-refractivity contribution in [2.75, 3.05) is 44.2 Å². The van der Waals surface area contributed by atoms with Crippen LogP contribution in [0.15, 0.2) is 0 Å². The van der Waals surface area contributed by atoms with Gasteiger partial charge in [0.25, 0.3) is 0 Å². The number of carbonyl (C=O) groups is 1. The standard InChI is InChI=1S/C12H23N3OS/c1-10-9-17-8-7-15(10)11(2)12(16)14-5-3-13-4-6-14/h10-11,13H,3-9H2,1-2H3. The molecule has 2 atom stereocenters. The summed E-state index contributed by atoms with van der Waals surface area (Å²) in [6.07, 6.45) is 0. The van der Waals surface area contributed by atoms with Crippen LogP contribution in [0, 0.1) is 0 Å². The summed E-state index contributed by atoms with van der Waals surface area (Å²) in [5.41, 5.74) is 0. The molecule has 4 nitrogen and oxygen atoms in total. The number of piperazine rings is 1. The largest absolute Gasteiger partial charge is 0.339 e. The molecule has 0 radical (unpaired) electrons. The molecular weight excluding hydrogens is 234 g/mol. The van der Waals surface area contributed by atoms with E-state index in [1.807, 2.05) is 16.7 Å². The molecule has 2 rings (SSSR count). The molecule has 0 aromatic carbocycles. The summed E-state index contributed by atoms with van der Waals surface area (Å²) in [7, 11) is 0. The van der Waals surface area contributed by atoms with E-state index in [0.717, 1.165) is 44.2 Å². The van der Waals surface area contributed by atoms with Gasteiger partial charge in [-0.1, -0.05) is 0 Å². The second-order valence-corrected chi connectivity index (χ2v) is 6.06. The fourth-order valence-corrected chi connectivity index (χ4v) is 3.65. The molecule has 2 unspecified atom stereocenters. The summed E-state index contributed by atoms with van der Waals surface area (Å²) in [5.74, 6) is 2.62. The number of carbonyl (C=O) groups excluding carboxylic acids is 1. The highest BCUT2D eigenvalue weighted by Gasteiger charge is 2.30. The minimum absolute atomic E-state index is 0.0454. The van der Waals surface area contributed by atoms with E-state index in [1.54, 1.807) is 0 Å². The number of hydrogen-bond donors (Lipinski definition) is 1. The number of rotatable bonds is 2. The van der Waals surface area contributed by atoms with Crippen LogP contribution in [0.25, 0.3) is 0 Å². The van der Waals surface area contributed by atoms with Gasteiger partial charge in [-0.3, -0.25) is 9.69 Å². The highest BCUT2D eigenvalue weighted by Crippen LogP contribution is 2.19.